The van der Waals surface area contributed by atoms with Crippen molar-refractivity contribution in [3.63, 3.8) is 0 Å². The van der Waals surface area contributed by atoms with Gasteiger partial charge < -0.3 is 4.74 Å². The predicted molar refractivity (Wildman–Crippen MR) is 70.7 cm³/mol. The smallest absolute Gasteiger partial charge is 0.309 e. The molecule has 0 amide bonds. The van der Waals surface area contributed by atoms with Gasteiger partial charge in [-0.15, -0.1) is 6.58 Å². The highest BCUT2D eigenvalue weighted by Crippen LogP contribution is 2.59. The molecule has 0 aliphatic heterocycles. The summed E-state index contributed by atoms with van der Waals surface area (Å²) in [4.78, 5) is 11.7. The standard InChI is InChI=1S/C15H26O2/c1-4-7-8-9-11-15(10-5-2)12-13(15)14(16)17-6-3/h5,13H,2,4,6-12H2,1,3H3/t13?,15-/m1/s1. The number of carbonyl (C=O) groups is 1. The van der Waals surface area contributed by atoms with Crippen molar-refractivity contribution in [2.75, 3.05) is 6.61 Å². The highest BCUT2D eigenvalue weighted by molar-refractivity contribution is 5.77. The summed E-state index contributed by atoms with van der Waals surface area (Å²) in [6, 6.07) is 0. The number of ether oxygens (including phenoxy) is 1. The first-order valence-electron chi connectivity index (χ1n) is 6.97. The van der Waals surface area contributed by atoms with E-state index in [9.17, 15) is 4.79 Å². The van der Waals surface area contributed by atoms with Crippen LogP contribution in [0, 0.1) is 11.3 Å². The molecule has 98 valence electrons. The quantitative estimate of drug-likeness (QED) is 0.343. The second-order valence-electron chi connectivity index (χ2n) is 5.17. The summed E-state index contributed by atoms with van der Waals surface area (Å²) >= 11 is 0. The Kier molecular flexibility index (Phi) is 5.73. The highest BCUT2D eigenvalue weighted by Gasteiger charge is 2.57. The predicted octanol–water partition coefficient (Wildman–Crippen LogP) is 4.10. The summed E-state index contributed by atoms with van der Waals surface area (Å²) in [5.74, 6) is 0.145. The first-order valence-corrected chi connectivity index (χ1v) is 6.97. The van der Waals surface area contributed by atoms with Crippen LogP contribution in [0.1, 0.15) is 58.8 Å². The Hall–Kier alpha value is -0.790. The van der Waals surface area contributed by atoms with Crippen molar-refractivity contribution in [1.29, 1.82) is 0 Å². The molecule has 2 atom stereocenters. The number of carbonyl (C=O) groups excluding carboxylic acids is 1. The molecule has 1 fully saturated rings. The molecule has 0 radical (unpaired) electrons. The van der Waals surface area contributed by atoms with Crippen molar-refractivity contribution in [3.05, 3.63) is 12.7 Å². The lowest BCUT2D eigenvalue weighted by Crippen LogP contribution is -2.13. The maximum Gasteiger partial charge on any atom is 0.309 e. The third kappa shape index (κ3) is 3.86. The van der Waals surface area contributed by atoms with Crippen molar-refractivity contribution >= 4 is 5.97 Å². The van der Waals surface area contributed by atoms with E-state index < -0.39 is 0 Å². The molecule has 0 spiro atoms. The molecular formula is C15H26O2. The van der Waals surface area contributed by atoms with Crippen LogP contribution in [0.15, 0.2) is 12.7 Å². The molecule has 1 aliphatic rings. The Morgan fingerprint density at radius 2 is 2.18 bits per heavy atom. The zero-order valence-electron chi connectivity index (χ0n) is 11.3. The van der Waals surface area contributed by atoms with Crippen LogP contribution in [-0.4, -0.2) is 12.6 Å². The molecule has 1 aliphatic carbocycles. The molecule has 0 heterocycles. The molecule has 0 aromatic carbocycles. The maximum absolute atomic E-state index is 11.7. The maximum atomic E-state index is 11.7. The van der Waals surface area contributed by atoms with Gasteiger partial charge >= 0.3 is 5.97 Å². The topological polar surface area (TPSA) is 26.3 Å². The first-order chi connectivity index (χ1) is 8.20. The number of hydrogen-bond acceptors (Lipinski definition) is 2. The fraction of sp³-hybridized carbons (Fsp3) is 0.800. The van der Waals surface area contributed by atoms with Gasteiger partial charge in [-0.25, -0.2) is 0 Å². The van der Waals surface area contributed by atoms with Gasteiger partial charge in [0.2, 0.25) is 0 Å². The van der Waals surface area contributed by atoms with Crippen LogP contribution in [0.4, 0.5) is 0 Å². The van der Waals surface area contributed by atoms with E-state index in [1.807, 2.05) is 13.0 Å². The Bertz CT molecular complexity index is 260. The molecule has 2 nitrogen and oxygen atoms in total. The molecule has 1 saturated carbocycles. The molecule has 1 rings (SSSR count). The van der Waals surface area contributed by atoms with Crippen LogP contribution >= 0.6 is 0 Å². The van der Waals surface area contributed by atoms with Crippen LogP contribution in [0.25, 0.3) is 0 Å². The fourth-order valence-corrected chi connectivity index (χ4v) is 2.72. The minimum absolute atomic E-state index is 0.00448. The molecule has 1 unspecified atom stereocenters. The number of rotatable bonds is 9. The summed E-state index contributed by atoms with van der Waals surface area (Å²) in [7, 11) is 0. The lowest BCUT2D eigenvalue weighted by atomic mass is 9.91. The normalized spacial score (nSPS) is 26.6. The monoisotopic (exact) mass is 238 g/mol. The molecule has 0 aromatic heterocycles. The molecule has 17 heavy (non-hydrogen) atoms. The van der Waals surface area contributed by atoms with Gasteiger partial charge in [-0.1, -0.05) is 38.7 Å². The van der Waals surface area contributed by atoms with Gasteiger partial charge in [-0.05, 0) is 31.6 Å². The Labute approximate surface area is 105 Å². The van der Waals surface area contributed by atoms with Gasteiger partial charge in [-0.3, -0.25) is 4.79 Å². The van der Waals surface area contributed by atoms with Crippen molar-refractivity contribution in [3.8, 4) is 0 Å². The van der Waals surface area contributed by atoms with E-state index in [4.69, 9.17) is 4.74 Å². The molecule has 2 heteroatoms. The van der Waals surface area contributed by atoms with E-state index >= 15 is 0 Å². The van der Waals surface area contributed by atoms with Gasteiger partial charge in [0.15, 0.2) is 0 Å². The highest BCUT2D eigenvalue weighted by atomic mass is 16.5. The van der Waals surface area contributed by atoms with E-state index in [0.717, 1.165) is 19.3 Å². The average molecular weight is 238 g/mol. The summed E-state index contributed by atoms with van der Waals surface area (Å²) < 4.78 is 5.12. The second-order valence-corrected chi connectivity index (χ2v) is 5.17. The second kappa shape index (κ2) is 6.83. The molecule has 0 N–H and O–H groups in total. The SMILES string of the molecule is C=CC[C@@]1(CCCCCC)CC1C(=O)OCC. The van der Waals surface area contributed by atoms with Crippen LogP contribution < -0.4 is 0 Å². The number of hydrogen-bond donors (Lipinski definition) is 0. The van der Waals surface area contributed by atoms with E-state index in [0.29, 0.717) is 6.61 Å². The minimum atomic E-state index is 0.00448. The third-order valence-corrected chi connectivity index (χ3v) is 3.84. The summed E-state index contributed by atoms with van der Waals surface area (Å²) in [5.41, 5.74) is 0.196. The number of unbranched alkanes of at least 4 members (excludes halogenated alkanes) is 3. The van der Waals surface area contributed by atoms with Gasteiger partial charge in [-0.2, -0.15) is 0 Å². The Morgan fingerprint density at radius 3 is 2.76 bits per heavy atom. The number of allylic oxidation sites excluding steroid dienone is 1. The van der Waals surface area contributed by atoms with Crippen LogP contribution in [0.5, 0.6) is 0 Å². The number of esters is 1. The van der Waals surface area contributed by atoms with Crippen molar-refractivity contribution in [1.82, 2.24) is 0 Å². The third-order valence-electron chi connectivity index (χ3n) is 3.84. The van der Waals surface area contributed by atoms with Crippen molar-refractivity contribution < 1.29 is 9.53 Å². The lowest BCUT2D eigenvalue weighted by molar-refractivity contribution is -0.145. The summed E-state index contributed by atoms with van der Waals surface area (Å²) in [6.07, 6.45) is 10.2. The molecule has 0 saturated heterocycles. The van der Waals surface area contributed by atoms with Crippen molar-refractivity contribution in [2.45, 2.75) is 58.8 Å². The first kappa shape index (κ1) is 14.3. The summed E-state index contributed by atoms with van der Waals surface area (Å²) in [6.45, 7) is 8.41. The van der Waals surface area contributed by atoms with E-state index in [-0.39, 0.29) is 17.3 Å². The average Bonchev–Trinajstić information content (AvgIpc) is 3.01. The van der Waals surface area contributed by atoms with E-state index in [1.165, 1.54) is 25.7 Å². The zero-order valence-corrected chi connectivity index (χ0v) is 11.3. The van der Waals surface area contributed by atoms with Crippen LogP contribution in [-0.2, 0) is 9.53 Å². The van der Waals surface area contributed by atoms with Crippen molar-refractivity contribution in [2.24, 2.45) is 11.3 Å². The van der Waals surface area contributed by atoms with Gasteiger partial charge in [0.05, 0.1) is 12.5 Å². The van der Waals surface area contributed by atoms with Gasteiger partial charge in [0.1, 0.15) is 0 Å². The van der Waals surface area contributed by atoms with E-state index in [1.54, 1.807) is 0 Å². The fourth-order valence-electron chi connectivity index (χ4n) is 2.72. The molecule has 0 bridgehead atoms. The van der Waals surface area contributed by atoms with Crippen LogP contribution in [0.2, 0.25) is 0 Å². The van der Waals surface area contributed by atoms with Crippen LogP contribution in [0.3, 0.4) is 0 Å². The zero-order chi connectivity index (χ0) is 12.7. The minimum Gasteiger partial charge on any atom is -0.466 e. The van der Waals surface area contributed by atoms with Gasteiger partial charge in [0, 0.05) is 0 Å². The molecule has 0 aromatic rings. The molecular weight excluding hydrogens is 212 g/mol. The summed E-state index contributed by atoms with van der Waals surface area (Å²) in [5, 5.41) is 0. The Morgan fingerprint density at radius 1 is 1.41 bits per heavy atom. The lowest BCUT2D eigenvalue weighted by Gasteiger charge is -2.14. The van der Waals surface area contributed by atoms with E-state index in [2.05, 4.69) is 13.5 Å². The van der Waals surface area contributed by atoms with Gasteiger partial charge in [0.25, 0.3) is 0 Å². The largest absolute Gasteiger partial charge is 0.466 e. The Balaban J connectivity index is 2.38.